The van der Waals surface area contributed by atoms with Gasteiger partial charge in [0.2, 0.25) is 0 Å². The third kappa shape index (κ3) is 2.66. The number of piperazine rings is 1. The summed E-state index contributed by atoms with van der Waals surface area (Å²) in [4.78, 5) is 1.79. The van der Waals surface area contributed by atoms with E-state index in [1.807, 2.05) is 0 Å². The van der Waals surface area contributed by atoms with Crippen molar-refractivity contribution in [2.75, 3.05) is 32.8 Å². The number of halogens is 3. The zero-order valence-electron chi connectivity index (χ0n) is 9.80. The maximum absolute atomic E-state index is 13.7. The van der Waals surface area contributed by atoms with Crippen LogP contribution in [0.1, 0.15) is 11.6 Å². The normalized spacial score (nSPS) is 18.9. The molecule has 0 radical (unpaired) electrons. The van der Waals surface area contributed by atoms with Gasteiger partial charge < -0.3 is 10.4 Å². The van der Waals surface area contributed by atoms with E-state index in [1.165, 1.54) is 0 Å². The van der Waals surface area contributed by atoms with Gasteiger partial charge in [-0.05, 0) is 0 Å². The van der Waals surface area contributed by atoms with Gasteiger partial charge in [0.25, 0.3) is 0 Å². The molecule has 2 N–H and O–H groups in total. The Balaban J connectivity index is 2.32. The highest BCUT2D eigenvalue weighted by atomic mass is 19.1. The molecule has 1 aromatic carbocycles. The summed E-state index contributed by atoms with van der Waals surface area (Å²) in [6, 6.07) is 0.514. The predicted octanol–water partition coefficient (Wildman–Crippen LogP) is 1.04. The Kier molecular flexibility index (Phi) is 4.21. The van der Waals surface area contributed by atoms with Gasteiger partial charge in [0, 0.05) is 43.9 Å². The highest BCUT2D eigenvalue weighted by molar-refractivity contribution is 5.24. The van der Waals surface area contributed by atoms with Crippen molar-refractivity contribution in [3.05, 3.63) is 35.1 Å². The summed E-state index contributed by atoms with van der Waals surface area (Å²) in [7, 11) is 0. The molecule has 18 heavy (non-hydrogen) atoms. The maximum atomic E-state index is 13.7. The van der Waals surface area contributed by atoms with E-state index in [4.69, 9.17) is 0 Å². The first-order chi connectivity index (χ1) is 8.63. The van der Waals surface area contributed by atoms with E-state index < -0.39 is 30.1 Å². The minimum Gasteiger partial charge on any atom is -0.394 e. The summed E-state index contributed by atoms with van der Waals surface area (Å²) < 4.78 is 40.2. The van der Waals surface area contributed by atoms with Gasteiger partial charge in [-0.25, -0.2) is 13.2 Å². The Morgan fingerprint density at radius 3 is 2.22 bits per heavy atom. The second-order valence-corrected chi connectivity index (χ2v) is 4.27. The molecule has 1 aromatic rings. The van der Waals surface area contributed by atoms with Crippen LogP contribution < -0.4 is 5.32 Å². The first-order valence-corrected chi connectivity index (χ1v) is 5.83. The van der Waals surface area contributed by atoms with E-state index in [1.54, 1.807) is 4.90 Å². The molecule has 1 saturated heterocycles. The highest BCUT2D eigenvalue weighted by Crippen LogP contribution is 2.26. The lowest BCUT2D eigenvalue weighted by Crippen LogP contribution is -2.46. The van der Waals surface area contributed by atoms with Gasteiger partial charge in [-0.15, -0.1) is 0 Å². The number of hydrogen-bond donors (Lipinski definition) is 2. The zero-order chi connectivity index (χ0) is 13.1. The van der Waals surface area contributed by atoms with Crippen LogP contribution in [0, 0.1) is 17.5 Å². The third-order valence-electron chi connectivity index (χ3n) is 3.14. The fraction of sp³-hybridized carbons (Fsp3) is 0.500. The summed E-state index contributed by atoms with van der Waals surface area (Å²) in [5, 5.41) is 12.5. The quantitative estimate of drug-likeness (QED) is 0.852. The van der Waals surface area contributed by atoms with Crippen molar-refractivity contribution in [2.45, 2.75) is 6.04 Å². The van der Waals surface area contributed by atoms with Gasteiger partial charge >= 0.3 is 0 Å². The van der Waals surface area contributed by atoms with Gasteiger partial charge in [0.1, 0.15) is 17.5 Å². The molecule has 1 atom stereocenters. The molecule has 0 saturated carbocycles. The Hall–Kier alpha value is -1.11. The molecule has 0 unspecified atom stereocenters. The summed E-state index contributed by atoms with van der Waals surface area (Å²) in [5.41, 5.74) is -0.263. The standard InChI is InChI=1S/C12H15F3N2O/c13-8-5-9(14)12(10(15)6-8)11(7-18)17-3-1-16-2-4-17/h5-6,11,16,18H,1-4,7H2/t11-/m0/s1. The van der Waals surface area contributed by atoms with Crippen molar-refractivity contribution >= 4 is 0 Å². The fourth-order valence-electron chi connectivity index (χ4n) is 2.25. The average molecular weight is 260 g/mol. The minimum absolute atomic E-state index is 0.263. The number of benzene rings is 1. The summed E-state index contributed by atoms with van der Waals surface area (Å²) >= 11 is 0. The van der Waals surface area contributed by atoms with Crippen molar-refractivity contribution < 1.29 is 18.3 Å². The van der Waals surface area contributed by atoms with Crippen molar-refractivity contribution in [1.82, 2.24) is 10.2 Å². The van der Waals surface area contributed by atoms with Gasteiger partial charge in [-0.2, -0.15) is 0 Å². The molecule has 0 spiro atoms. The van der Waals surface area contributed by atoms with Crippen LogP contribution in [-0.4, -0.2) is 42.8 Å². The van der Waals surface area contributed by atoms with E-state index in [0.29, 0.717) is 38.3 Å². The molecule has 1 aliphatic rings. The van der Waals surface area contributed by atoms with E-state index in [9.17, 15) is 18.3 Å². The van der Waals surface area contributed by atoms with Crippen LogP contribution in [0.25, 0.3) is 0 Å². The molecule has 6 heteroatoms. The SMILES string of the molecule is OC[C@@H](c1c(F)cc(F)cc1F)N1CCNCC1. The van der Waals surface area contributed by atoms with Crippen LogP contribution in [0.3, 0.4) is 0 Å². The van der Waals surface area contributed by atoms with E-state index in [-0.39, 0.29) is 5.56 Å². The van der Waals surface area contributed by atoms with Crippen LogP contribution in [0.4, 0.5) is 13.2 Å². The van der Waals surface area contributed by atoms with Crippen LogP contribution in [-0.2, 0) is 0 Å². The van der Waals surface area contributed by atoms with Gasteiger partial charge in [0.15, 0.2) is 0 Å². The number of rotatable bonds is 3. The molecule has 2 rings (SSSR count). The molecule has 3 nitrogen and oxygen atoms in total. The third-order valence-corrected chi connectivity index (χ3v) is 3.14. The average Bonchev–Trinajstić information content (AvgIpc) is 2.34. The number of nitrogens with zero attached hydrogens (tertiary/aromatic N) is 1. The summed E-state index contributed by atoms with van der Waals surface area (Å²) in [6.07, 6.45) is 0. The van der Waals surface area contributed by atoms with Crippen LogP contribution in [0.15, 0.2) is 12.1 Å². The summed E-state index contributed by atoms with van der Waals surface area (Å²) in [6.45, 7) is 2.16. The molecular formula is C12H15F3N2O. The largest absolute Gasteiger partial charge is 0.394 e. The van der Waals surface area contributed by atoms with Crippen molar-refractivity contribution in [3.8, 4) is 0 Å². The monoisotopic (exact) mass is 260 g/mol. The van der Waals surface area contributed by atoms with Gasteiger partial charge in [0.05, 0.1) is 12.6 Å². The molecule has 1 fully saturated rings. The van der Waals surface area contributed by atoms with Crippen molar-refractivity contribution in [3.63, 3.8) is 0 Å². The van der Waals surface area contributed by atoms with Crippen molar-refractivity contribution in [1.29, 1.82) is 0 Å². The fourth-order valence-corrected chi connectivity index (χ4v) is 2.25. The van der Waals surface area contributed by atoms with E-state index in [2.05, 4.69) is 5.32 Å². The molecule has 0 amide bonds. The highest BCUT2D eigenvalue weighted by Gasteiger charge is 2.27. The van der Waals surface area contributed by atoms with E-state index in [0.717, 1.165) is 0 Å². The lowest BCUT2D eigenvalue weighted by atomic mass is 10.0. The second-order valence-electron chi connectivity index (χ2n) is 4.27. The number of hydrogen-bond acceptors (Lipinski definition) is 3. The molecule has 1 aliphatic heterocycles. The van der Waals surface area contributed by atoms with Gasteiger partial charge in [-0.1, -0.05) is 0 Å². The lowest BCUT2D eigenvalue weighted by molar-refractivity contribution is 0.105. The van der Waals surface area contributed by atoms with E-state index >= 15 is 0 Å². The van der Waals surface area contributed by atoms with Gasteiger partial charge in [-0.3, -0.25) is 4.90 Å². The van der Waals surface area contributed by atoms with Crippen LogP contribution >= 0.6 is 0 Å². The summed E-state index contributed by atoms with van der Waals surface area (Å²) in [5.74, 6) is -2.86. The molecule has 100 valence electrons. The second kappa shape index (κ2) is 5.69. The smallest absolute Gasteiger partial charge is 0.133 e. The number of aliphatic hydroxyl groups is 1. The number of aliphatic hydroxyl groups excluding tert-OH is 1. The first kappa shape index (κ1) is 13.3. The molecule has 1 heterocycles. The molecular weight excluding hydrogens is 245 g/mol. The Bertz CT molecular complexity index is 399. The topological polar surface area (TPSA) is 35.5 Å². The zero-order valence-corrected chi connectivity index (χ0v) is 9.80. The molecule has 0 bridgehead atoms. The first-order valence-electron chi connectivity index (χ1n) is 5.83. The Labute approximate surface area is 103 Å². The Morgan fingerprint density at radius 2 is 1.72 bits per heavy atom. The lowest BCUT2D eigenvalue weighted by Gasteiger charge is -2.34. The van der Waals surface area contributed by atoms with Crippen LogP contribution in [0.2, 0.25) is 0 Å². The van der Waals surface area contributed by atoms with Crippen LogP contribution in [0.5, 0.6) is 0 Å². The number of nitrogens with one attached hydrogen (secondary N) is 1. The molecule has 0 aromatic heterocycles. The minimum atomic E-state index is -0.954. The maximum Gasteiger partial charge on any atom is 0.133 e. The van der Waals surface area contributed by atoms with Crippen molar-refractivity contribution in [2.24, 2.45) is 0 Å². The predicted molar refractivity (Wildman–Crippen MR) is 60.6 cm³/mol. The Morgan fingerprint density at radius 1 is 1.17 bits per heavy atom. The molecule has 0 aliphatic carbocycles.